The maximum atomic E-state index is 9.62. The van der Waals surface area contributed by atoms with Crippen molar-refractivity contribution in [1.82, 2.24) is 10.2 Å². The molecule has 2 fully saturated rings. The number of phenols is 1. The van der Waals surface area contributed by atoms with Crippen LogP contribution >= 0.6 is 40.7 Å². The Labute approximate surface area is 141 Å². The maximum absolute atomic E-state index is 9.62. The molecular formula is C14H21BrCl2N2O. The van der Waals surface area contributed by atoms with Gasteiger partial charge in [0.2, 0.25) is 0 Å². The maximum Gasteiger partial charge on any atom is 0.129 e. The summed E-state index contributed by atoms with van der Waals surface area (Å²) in [7, 11) is 0. The van der Waals surface area contributed by atoms with Crippen molar-refractivity contribution in [2.75, 3.05) is 26.2 Å². The van der Waals surface area contributed by atoms with Crippen LogP contribution in [0, 0.1) is 5.92 Å². The van der Waals surface area contributed by atoms with Gasteiger partial charge in [-0.25, -0.2) is 0 Å². The molecule has 0 bridgehead atoms. The van der Waals surface area contributed by atoms with Crippen molar-refractivity contribution in [3.63, 3.8) is 0 Å². The molecule has 1 saturated carbocycles. The zero-order valence-electron chi connectivity index (χ0n) is 11.2. The molecule has 1 aromatic rings. The Kier molecular flexibility index (Phi) is 7.09. The Morgan fingerprint density at radius 2 is 1.85 bits per heavy atom. The summed E-state index contributed by atoms with van der Waals surface area (Å²) in [6.45, 7) is 4.42. The summed E-state index contributed by atoms with van der Waals surface area (Å²) in [5.41, 5.74) is 1.34. The molecule has 0 unspecified atom stereocenters. The predicted octanol–water partition coefficient (Wildman–Crippen LogP) is 3.35. The molecule has 0 radical (unpaired) electrons. The molecule has 0 amide bonds. The first-order chi connectivity index (χ1) is 8.75. The van der Waals surface area contributed by atoms with Crippen LogP contribution in [0.1, 0.15) is 24.4 Å². The molecule has 0 aromatic heterocycles. The van der Waals surface area contributed by atoms with Gasteiger partial charge in [0.05, 0.1) is 4.47 Å². The predicted molar refractivity (Wildman–Crippen MR) is 90.2 cm³/mol. The minimum Gasteiger partial charge on any atom is -0.507 e. The van der Waals surface area contributed by atoms with Gasteiger partial charge in [0.25, 0.3) is 0 Å². The number of hydrogen-bond acceptors (Lipinski definition) is 3. The minimum atomic E-state index is 0. The van der Waals surface area contributed by atoms with Gasteiger partial charge in [0.15, 0.2) is 0 Å². The topological polar surface area (TPSA) is 35.5 Å². The van der Waals surface area contributed by atoms with E-state index in [0.29, 0.717) is 11.8 Å². The molecule has 1 aliphatic heterocycles. The SMILES string of the molecule is Cl.Cl.Oc1ccc([C@H](C2CC2)N2CCNCC2)cc1Br. The zero-order valence-corrected chi connectivity index (χ0v) is 14.4. The number of piperazine rings is 1. The van der Waals surface area contributed by atoms with Gasteiger partial charge in [0, 0.05) is 32.2 Å². The van der Waals surface area contributed by atoms with Crippen molar-refractivity contribution < 1.29 is 5.11 Å². The number of phenolic OH excluding ortho intramolecular Hbond substituents is 1. The molecule has 6 heteroatoms. The van der Waals surface area contributed by atoms with Gasteiger partial charge in [-0.3, -0.25) is 4.90 Å². The molecule has 0 spiro atoms. The highest BCUT2D eigenvalue weighted by molar-refractivity contribution is 9.10. The molecule has 20 heavy (non-hydrogen) atoms. The lowest BCUT2D eigenvalue weighted by atomic mass is 9.99. The van der Waals surface area contributed by atoms with Crippen LogP contribution in [0.25, 0.3) is 0 Å². The molecule has 2 aliphatic rings. The van der Waals surface area contributed by atoms with E-state index >= 15 is 0 Å². The average Bonchev–Trinajstić information content (AvgIpc) is 3.20. The van der Waals surface area contributed by atoms with E-state index in [1.807, 2.05) is 0 Å². The van der Waals surface area contributed by atoms with Crippen LogP contribution in [0.4, 0.5) is 0 Å². The van der Waals surface area contributed by atoms with Gasteiger partial charge in [0.1, 0.15) is 5.75 Å². The largest absolute Gasteiger partial charge is 0.507 e. The Hall–Kier alpha value is -0.000000000000000111. The third kappa shape index (κ3) is 4.01. The molecule has 114 valence electrons. The monoisotopic (exact) mass is 382 g/mol. The first-order valence-electron chi connectivity index (χ1n) is 6.69. The van der Waals surface area contributed by atoms with Gasteiger partial charge in [-0.05, 0) is 52.4 Å². The van der Waals surface area contributed by atoms with E-state index in [4.69, 9.17) is 0 Å². The summed E-state index contributed by atoms with van der Waals surface area (Å²) in [4.78, 5) is 2.59. The number of benzene rings is 1. The molecule has 3 rings (SSSR count). The van der Waals surface area contributed by atoms with Crippen LogP contribution in [0.15, 0.2) is 22.7 Å². The van der Waals surface area contributed by atoms with E-state index < -0.39 is 0 Å². The number of hydrogen-bond donors (Lipinski definition) is 2. The fourth-order valence-corrected chi connectivity index (χ4v) is 3.26. The molecular weight excluding hydrogens is 363 g/mol. The van der Waals surface area contributed by atoms with Crippen molar-refractivity contribution in [1.29, 1.82) is 0 Å². The van der Waals surface area contributed by atoms with Crippen molar-refractivity contribution in [2.45, 2.75) is 18.9 Å². The van der Waals surface area contributed by atoms with Gasteiger partial charge in [-0.2, -0.15) is 0 Å². The third-order valence-corrected chi connectivity index (χ3v) is 4.56. The summed E-state index contributed by atoms with van der Waals surface area (Å²) in [6.07, 6.45) is 2.68. The van der Waals surface area contributed by atoms with E-state index in [0.717, 1.165) is 36.6 Å². The molecule has 1 aromatic carbocycles. The van der Waals surface area contributed by atoms with E-state index in [9.17, 15) is 5.11 Å². The first-order valence-corrected chi connectivity index (χ1v) is 7.48. The molecule has 1 saturated heterocycles. The quantitative estimate of drug-likeness (QED) is 0.839. The number of halogens is 3. The number of nitrogens with zero attached hydrogens (tertiary/aromatic N) is 1. The van der Waals surface area contributed by atoms with Gasteiger partial charge in [-0.15, -0.1) is 24.8 Å². The molecule has 3 nitrogen and oxygen atoms in total. The summed E-state index contributed by atoms with van der Waals surface area (Å²) in [6, 6.07) is 6.49. The fraction of sp³-hybridized carbons (Fsp3) is 0.571. The van der Waals surface area contributed by atoms with Crippen LogP contribution in [0.2, 0.25) is 0 Å². The van der Waals surface area contributed by atoms with E-state index in [1.54, 1.807) is 6.07 Å². The summed E-state index contributed by atoms with van der Waals surface area (Å²) < 4.78 is 0.806. The lowest BCUT2D eigenvalue weighted by molar-refractivity contribution is 0.156. The van der Waals surface area contributed by atoms with Crippen LogP contribution in [0.3, 0.4) is 0 Å². The zero-order chi connectivity index (χ0) is 12.5. The van der Waals surface area contributed by atoms with Crippen molar-refractivity contribution in [3.8, 4) is 5.75 Å². The fourth-order valence-electron chi connectivity index (χ4n) is 2.86. The van der Waals surface area contributed by atoms with Crippen molar-refractivity contribution in [3.05, 3.63) is 28.2 Å². The standard InChI is InChI=1S/C14H19BrN2O.2ClH/c15-12-9-11(3-4-13(12)18)14(10-1-2-10)17-7-5-16-6-8-17;;/h3-4,9-10,14,16,18H,1-2,5-8H2;2*1H/t14-;;/m0../s1. The highest BCUT2D eigenvalue weighted by Crippen LogP contribution is 2.45. The van der Waals surface area contributed by atoms with E-state index in [2.05, 4.69) is 38.3 Å². The number of rotatable bonds is 3. The van der Waals surface area contributed by atoms with Gasteiger partial charge >= 0.3 is 0 Å². The van der Waals surface area contributed by atoms with Crippen LogP contribution in [-0.2, 0) is 0 Å². The second kappa shape index (κ2) is 7.85. The smallest absolute Gasteiger partial charge is 0.129 e. The van der Waals surface area contributed by atoms with Crippen LogP contribution in [-0.4, -0.2) is 36.2 Å². The van der Waals surface area contributed by atoms with Crippen molar-refractivity contribution >= 4 is 40.7 Å². The average molecular weight is 384 g/mol. The highest BCUT2D eigenvalue weighted by Gasteiger charge is 2.36. The van der Waals surface area contributed by atoms with E-state index in [-0.39, 0.29) is 24.8 Å². The molecule has 1 atom stereocenters. The Bertz CT molecular complexity index is 437. The van der Waals surface area contributed by atoms with Gasteiger partial charge in [-0.1, -0.05) is 6.07 Å². The Morgan fingerprint density at radius 1 is 1.20 bits per heavy atom. The third-order valence-electron chi connectivity index (χ3n) is 3.93. The lowest BCUT2D eigenvalue weighted by Gasteiger charge is -2.35. The van der Waals surface area contributed by atoms with Crippen LogP contribution in [0.5, 0.6) is 5.75 Å². The normalized spacial score (nSPS) is 20.6. The van der Waals surface area contributed by atoms with Crippen LogP contribution < -0.4 is 5.32 Å². The second-order valence-electron chi connectivity index (χ2n) is 5.28. The molecule has 2 N–H and O–H groups in total. The Morgan fingerprint density at radius 3 is 2.40 bits per heavy atom. The first kappa shape index (κ1) is 18.1. The Balaban J connectivity index is 0.000001000. The van der Waals surface area contributed by atoms with Gasteiger partial charge < -0.3 is 10.4 Å². The number of nitrogens with one attached hydrogen (secondary N) is 1. The van der Waals surface area contributed by atoms with E-state index in [1.165, 1.54) is 18.4 Å². The summed E-state index contributed by atoms with van der Waals surface area (Å²) in [5.74, 6) is 1.13. The molecule has 1 aliphatic carbocycles. The number of aromatic hydroxyl groups is 1. The summed E-state index contributed by atoms with van der Waals surface area (Å²) >= 11 is 3.43. The van der Waals surface area contributed by atoms with Crippen molar-refractivity contribution in [2.24, 2.45) is 5.92 Å². The minimum absolute atomic E-state index is 0. The summed E-state index contributed by atoms with van der Waals surface area (Å²) in [5, 5.41) is 13.0. The highest BCUT2D eigenvalue weighted by atomic mass is 79.9. The second-order valence-corrected chi connectivity index (χ2v) is 6.13. The molecule has 1 heterocycles. The lowest BCUT2D eigenvalue weighted by Crippen LogP contribution is -2.45.